The summed E-state index contributed by atoms with van der Waals surface area (Å²) < 4.78 is 5.64. The van der Waals surface area contributed by atoms with Crippen LogP contribution in [0.1, 0.15) is 25.5 Å². The van der Waals surface area contributed by atoms with Gasteiger partial charge in [0, 0.05) is 23.6 Å². The molecule has 0 radical (unpaired) electrons. The van der Waals surface area contributed by atoms with Crippen molar-refractivity contribution >= 4 is 22.6 Å². The maximum absolute atomic E-state index is 11.8. The fourth-order valence-electron chi connectivity index (χ4n) is 1.65. The molecule has 0 aliphatic carbocycles. The Bertz CT molecular complexity index is 557. The van der Waals surface area contributed by atoms with Crippen LogP contribution < -0.4 is 5.43 Å². The van der Waals surface area contributed by atoms with Gasteiger partial charge in [-0.25, -0.2) is 0 Å². The molecule has 0 N–H and O–H groups in total. The summed E-state index contributed by atoms with van der Waals surface area (Å²) >= 11 is 5.87. The second-order valence-electron chi connectivity index (χ2n) is 3.82. The van der Waals surface area contributed by atoms with E-state index >= 15 is 0 Å². The predicted molar refractivity (Wildman–Crippen MR) is 66.1 cm³/mol. The zero-order valence-corrected chi connectivity index (χ0v) is 9.88. The molecular formula is C13H13ClO2. The maximum atomic E-state index is 11.8. The summed E-state index contributed by atoms with van der Waals surface area (Å²) in [5.74, 6) is 0.738. The molecule has 1 aromatic carbocycles. The van der Waals surface area contributed by atoms with Crippen LogP contribution >= 0.6 is 11.6 Å². The molecule has 0 atom stereocenters. The molecular weight excluding hydrogens is 224 g/mol. The number of aryl methyl sites for hydroxylation is 1. The fraction of sp³-hybridized carbons (Fsp3) is 0.308. The van der Waals surface area contributed by atoms with Crippen molar-refractivity contribution in [2.45, 2.75) is 26.2 Å². The Morgan fingerprint density at radius 2 is 2.12 bits per heavy atom. The smallest absolute Gasteiger partial charge is 0.192 e. The van der Waals surface area contributed by atoms with E-state index < -0.39 is 0 Å². The Kier molecular flexibility index (Phi) is 3.30. The molecule has 84 valence electrons. The predicted octanol–water partition coefficient (Wildman–Crippen LogP) is 3.79. The fourth-order valence-corrected chi connectivity index (χ4v) is 1.82. The molecule has 1 heterocycles. The Morgan fingerprint density at radius 1 is 1.31 bits per heavy atom. The van der Waals surface area contributed by atoms with E-state index in [0.29, 0.717) is 16.0 Å². The molecule has 2 rings (SSSR count). The molecule has 0 saturated carbocycles. The molecule has 0 spiro atoms. The van der Waals surface area contributed by atoms with Crippen molar-refractivity contribution in [2.75, 3.05) is 0 Å². The summed E-state index contributed by atoms with van der Waals surface area (Å²) in [5, 5.41) is 1.17. The number of benzene rings is 1. The summed E-state index contributed by atoms with van der Waals surface area (Å²) in [6.07, 6.45) is 2.90. The van der Waals surface area contributed by atoms with Crippen LogP contribution in [-0.2, 0) is 6.42 Å². The van der Waals surface area contributed by atoms with Crippen molar-refractivity contribution in [3.05, 3.63) is 45.3 Å². The molecule has 0 aliphatic rings. The first-order valence-electron chi connectivity index (χ1n) is 5.43. The lowest BCUT2D eigenvalue weighted by molar-refractivity contribution is 0.524. The second kappa shape index (κ2) is 4.71. The van der Waals surface area contributed by atoms with E-state index in [1.807, 2.05) is 0 Å². The van der Waals surface area contributed by atoms with Gasteiger partial charge in [-0.1, -0.05) is 24.9 Å². The minimum absolute atomic E-state index is 0.00372. The second-order valence-corrected chi connectivity index (χ2v) is 4.26. The summed E-state index contributed by atoms with van der Waals surface area (Å²) in [5.41, 5.74) is 0.579. The van der Waals surface area contributed by atoms with E-state index in [4.69, 9.17) is 16.0 Å². The van der Waals surface area contributed by atoms with Crippen molar-refractivity contribution in [3.8, 4) is 0 Å². The van der Waals surface area contributed by atoms with E-state index in [2.05, 4.69) is 6.92 Å². The molecule has 0 fully saturated rings. The zero-order chi connectivity index (χ0) is 11.5. The first-order chi connectivity index (χ1) is 7.70. The number of rotatable bonds is 3. The van der Waals surface area contributed by atoms with Crippen molar-refractivity contribution in [1.82, 2.24) is 0 Å². The lowest BCUT2D eigenvalue weighted by atomic mass is 10.1. The lowest BCUT2D eigenvalue weighted by Gasteiger charge is -2.02. The van der Waals surface area contributed by atoms with Gasteiger partial charge in [0.05, 0.1) is 5.39 Å². The number of halogens is 1. The van der Waals surface area contributed by atoms with Gasteiger partial charge in [-0.3, -0.25) is 4.79 Å². The monoisotopic (exact) mass is 236 g/mol. The number of hydrogen-bond acceptors (Lipinski definition) is 2. The van der Waals surface area contributed by atoms with Gasteiger partial charge in [0.25, 0.3) is 0 Å². The number of unbranched alkanes of at least 4 members (excludes halogenated alkanes) is 1. The standard InChI is InChI=1S/C13H13ClO2/c1-2-3-4-10-8-12(15)11-6-5-9(14)7-13(11)16-10/h5-8H,2-4H2,1H3. The first-order valence-corrected chi connectivity index (χ1v) is 5.81. The summed E-state index contributed by atoms with van der Waals surface area (Å²) in [7, 11) is 0. The Balaban J connectivity index is 2.52. The molecule has 3 heteroatoms. The van der Waals surface area contributed by atoms with Crippen LogP contribution in [0.4, 0.5) is 0 Å². The number of fused-ring (bicyclic) bond motifs is 1. The van der Waals surface area contributed by atoms with Crippen molar-refractivity contribution in [2.24, 2.45) is 0 Å². The molecule has 2 aromatic rings. The largest absolute Gasteiger partial charge is 0.461 e. The Morgan fingerprint density at radius 3 is 2.88 bits per heavy atom. The molecule has 1 aromatic heterocycles. The summed E-state index contributed by atoms with van der Waals surface area (Å²) in [6.45, 7) is 2.11. The minimum Gasteiger partial charge on any atom is -0.461 e. The number of hydrogen-bond donors (Lipinski definition) is 0. The molecule has 2 nitrogen and oxygen atoms in total. The average molecular weight is 237 g/mol. The third-order valence-corrected chi connectivity index (χ3v) is 2.75. The van der Waals surface area contributed by atoms with E-state index in [1.54, 1.807) is 24.3 Å². The molecule has 0 saturated heterocycles. The molecule has 0 aliphatic heterocycles. The lowest BCUT2D eigenvalue weighted by Crippen LogP contribution is -2.02. The highest BCUT2D eigenvalue weighted by atomic mass is 35.5. The Labute approximate surface area is 98.8 Å². The quantitative estimate of drug-likeness (QED) is 0.812. The van der Waals surface area contributed by atoms with Crippen LogP contribution in [0.3, 0.4) is 0 Å². The van der Waals surface area contributed by atoms with Gasteiger partial charge < -0.3 is 4.42 Å². The van der Waals surface area contributed by atoms with Crippen LogP contribution in [0.5, 0.6) is 0 Å². The minimum atomic E-state index is 0.00372. The molecule has 0 unspecified atom stereocenters. The van der Waals surface area contributed by atoms with Crippen molar-refractivity contribution < 1.29 is 4.42 Å². The first kappa shape index (κ1) is 11.2. The van der Waals surface area contributed by atoms with Crippen LogP contribution in [0.2, 0.25) is 5.02 Å². The Hall–Kier alpha value is -1.28. The highest BCUT2D eigenvalue weighted by Crippen LogP contribution is 2.18. The highest BCUT2D eigenvalue weighted by molar-refractivity contribution is 6.31. The van der Waals surface area contributed by atoms with Gasteiger partial charge in [0.1, 0.15) is 11.3 Å². The van der Waals surface area contributed by atoms with E-state index in [-0.39, 0.29) is 5.43 Å². The summed E-state index contributed by atoms with van der Waals surface area (Å²) in [4.78, 5) is 11.8. The van der Waals surface area contributed by atoms with Gasteiger partial charge in [-0.2, -0.15) is 0 Å². The van der Waals surface area contributed by atoms with Crippen LogP contribution in [-0.4, -0.2) is 0 Å². The van der Waals surface area contributed by atoms with E-state index in [9.17, 15) is 4.79 Å². The van der Waals surface area contributed by atoms with E-state index in [0.717, 1.165) is 25.0 Å². The van der Waals surface area contributed by atoms with Crippen molar-refractivity contribution in [1.29, 1.82) is 0 Å². The van der Waals surface area contributed by atoms with Crippen LogP contribution in [0.25, 0.3) is 11.0 Å². The highest BCUT2D eigenvalue weighted by Gasteiger charge is 2.04. The van der Waals surface area contributed by atoms with Crippen LogP contribution in [0, 0.1) is 0 Å². The molecule has 0 amide bonds. The van der Waals surface area contributed by atoms with Gasteiger partial charge in [-0.15, -0.1) is 0 Å². The molecule has 0 bridgehead atoms. The average Bonchev–Trinajstić information content (AvgIpc) is 2.25. The normalized spacial score (nSPS) is 10.9. The summed E-state index contributed by atoms with van der Waals surface area (Å²) in [6, 6.07) is 6.67. The van der Waals surface area contributed by atoms with Gasteiger partial charge in [-0.05, 0) is 18.6 Å². The van der Waals surface area contributed by atoms with Gasteiger partial charge >= 0.3 is 0 Å². The SMILES string of the molecule is CCCCc1cc(=O)c2ccc(Cl)cc2o1. The maximum Gasteiger partial charge on any atom is 0.192 e. The third-order valence-electron chi connectivity index (χ3n) is 2.52. The van der Waals surface area contributed by atoms with Crippen molar-refractivity contribution in [3.63, 3.8) is 0 Å². The van der Waals surface area contributed by atoms with Crippen LogP contribution in [0.15, 0.2) is 33.5 Å². The third kappa shape index (κ3) is 2.27. The van der Waals surface area contributed by atoms with Gasteiger partial charge in [0.15, 0.2) is 5.43 Å². The topological polar surface area (TPSA) is 30.2 Å². The molecule has 16 heavy (non-hydrogen) atoms. The zero-order valence-electron chi connectivity index (χ0n) is 9.13. The van der Waals surface area contributed by atoms with Gasteiger partial charge in [0.2, 0.25) is 0 Å². The van der Waals surface area contributed by atoms with E-state index in [1.165, 1.54) is 0 Å².